The Balaban J connectivity index is 2.20. The Bertz CT molecular complexity index is 319. The van der Waals surface area contributed by atoms with Gasteiger partial charge >= 0.3 is 0 Å². The lowest BCUT2D eigenvalue weighted by Crippen LogP contribution is -2.30. The van der Waals surface area contributed by atoms with E-state index < -0.39 is 6.10 Å². The predicted molar refractivity (Wildman–Crippen MR) is 56.1 cm³/mol. The Morgan fingerprint density at radius 1 is 1.50 bits per heavy atom. The SMILES string of the molecule is O[C@H]1COCC[C@@H]1c1cncc(Br)c1. The van der Waals surface area contributed by atoms with E-state index in [9.17, 15) is 5.11 Å². The van der Waals surface area contributed by atoms with Gasteiger partial charge in [-0.1, -0.05) is 0 Å². The van der Waals surface area contributed by atoms with E-state index in [2.05, 4.69) is 20.9 Å². The van der Waals surface area contributed by atoms with Crippen LogP contribution in [0.25, 0.3) is 0 Å². The topological polar surface area (TPSA) is 42.4 Å². The van der Waals surface area contributed by atoms with Gasteiger partial charge in [0.15, 0.2) is 0 Å². The number of aliphatic hydroxyl groups is 1. The molecule has 1 aromatic rings. The summed E-state index contributed by atoms with van der Waals surface area (Å²) < 4.78 is 6.13. The van der Waals surface area contributed by atoms with Gasteiger partial charge in [0.2, 0.25) is 0 Å². The van der Waals surface area contributed by atoms with Gasteiger partial charge in [0, 0.05) is 29.4 Å². The van der Waals surface area contributed by atoms with Gasteiger partial charge in [0.1, 0.15) is 0 Å². The first-order valence-corrected chi connectivity index (χ1v) is 5.43. The van der Waals surface area contributed by atoms with Crippen molar-refractivity contribution in [3.05, 3.63) is 28.5 Å². The van der Waals surface area contributed by atoms with Crippen LogP contribution in [0.5, 0.6) is 0 Å². The van der Waals surface area contributed by atoms with Crippen LogP contribution < -0.4 is 0 Å². The van der Waals surface area contributed by atoms with E-state index in [1.54, 1.807) is 6.20 Å². The summed E-state index contributed by atoms with van der Waals surface area (Å²) in [6.45, 7) is 1.14. The molecule has 2 atom stereocenters. The molecule has 76 valence electrons. The zero-order valence-electron chi connectivity index (χ0n) is 7.69. The first-order valence-electron chi connectivity index (χ1n) is 4.63. The van der Waals surface area contributed by atoms with E-state index in [0.717, 1.165) is 16.5 Å². The molecule has 0 saturated carbocycles. The molecule has 0 bridgehead atoms. The Hall–Kier alpha value is -0.450. The summed E-state index contributed by atoms with van der Waals surface area (Å²) in [6, 6.07) is 2.01. The summed E-state index contributed by atoms with van der Waals surface area (Å²) in [7, 11) is 0. The Morgan fingerprint density at radius 2 is 2.36 bits per heavy atom. The number of hydrogen-bond donors (Lipinski definition) is 1. The van der Waals surface area contributed by atoms with Gasteiger partial charge in [0.05, 0.1) is 12.7 Å². The highest BCUT2D eigenvalue weighted by Crippen LogP contribution is 2.28. The molecule has 1 N–H and O–H groups in total. The maximum atomic E-state index is 9.75. The summed E-state index contributed by atoms with van der Waals surface area (Å²) in [5.41, 5.74) is 1.08. The normalized spacial score (nSPS) is 27.6. The Morgan fingerprint density at radius 3 is 3.07 bits per heavy atom. The first-order chi connectivity index (χ1) is 6.77. The van der Waals surface area contributed by atoms with Crippen LogP contribution in [0.1, 0.15) is 17.9 Å². The van der Waals surface area contributed by atoms with E-state index >= 15 is 0 Å². The summed E-state index contributed by atoms with van der Waals surface area (Å²) in [5, 5.41) is 9.75. The number of hydrogen-bond acceptors (Lipinski definition) is 3. The van der Waals surface area contributed by atoms with Crippen molar-refractivity contribution < 1.29 is 9.84 Å². The molecule has 1 aliphatic rings. The minimum atomic E-state index is -0.403. The summed E-state index contributed by atoms with van der Waals surface area (Å²) in [6.07, 6.45) is 4.01. The standard InChI is InChI=1S/C10H12BrNO2/c11-8-3-7(4-12-5-8)9-1-2-14-6-10(9)13/h3-5,9-10,13H,1-2,6H2/t9-,10+/m1/s1. The molecule has 1 aromatic heterocycles. The van der Waals surface area contributed by atoms with E-state index in [4.69, 9.17) is 4.74 Å². The van der Waals surface area contributed by atoms with Crippen LogP contribution >= 0.6 is 15.9 Å². The van der Waals surface area contributed by atoms with Gasteiger partial charge in [-0.3, -0.25) is 4.98 Å². The second kappa shape index (κ2) is 4.38. The van der Waals surface area contributed by atoms with Gasteiger partial charge < -0.3 is 9.84 Å². The van der Waals surface area contributed by atoms with Crippen molar-refractivity contribution in [2.24, 2.45) is 0 Å². The molecule has 1 aliphatic heterocycles. The third-order valence-corrected chi connectivity index (χ3v) is 2.91. The molecule has 3 nitrogen and oxygen atoms in total. The quantitative estimate of drug-likeness (QED) is 0.833. The first kappa shape index (κ1) is 10.1. The summed E-state index contributed by atoms with van der Waals surface area (Å²) in [5.74, 6) is 0.161. The fourth-order valence-corrected chi connectivity index (χ4v) is 2.13. The fourth-order valence-electron chi connectivity index (χ4n) is 1.74. The second-order valence-corrected chi connectivity index (χ2v) is 4.39. The minimum absolute atomic E-state index is 0.161. The monoisotopic (exact) mass is 257 g/mol. The Labute approximate surface area is 91.2 Å². The van der Waals surface area contributed by atoms with Crippen molar-refractivity contribution in [2.75, 3.05) is 13.2 Å². The zero-order valence-corrected chi connectivity index (χ0v) is 9.27. The van der Waals surface area contributed by atoms with Crippen LogP contribution in [-0.4, -0.2) is 29.4 Å². The third-order valence-electron chi connectivity index (χ3n) is 2.48. The molecule has 0 aromatic carbocycles. The molecule has 0 aliphatic carbocycles. The lowest BCUT2D eigenvalue weighted by atomic mass is 9.91. The van der Waals surface area contributed by atoms with Gasteiger partial charge in [-0.2, -0.15) is 0 Å². The van der Waals surface area contributed by atoms with Crippen molar-refractivity contribution >= 4 is 15.9 Å². The number of rotatable bonds is 1. The van der Waals surface area contributed by atoms with Crippen LogP contribution in [0.2, 0.25) is 0 Å². The smallest absolute Gasteiger partial charge is 0.0843 e. The Kier molecular flexibility index (Phi) is 3.15. The highest BCUT2D eigenvalue weighted by molar-refractivity contribution is 9.10. The third kappa shape index (κ3) is 2.13. The molecule has 0 amide bonds. The van der Waals surface area contributed by atoms with Gasteiger partial charge in [-0.05, 0) is 34.0 Å². The molecule has 14 heavy (non-hydrogen) atoms. The fraction of sp³-hybridized carbons (Fsp3) is 0.500. The number of pyridine rings is 1. The van der Waals surface area contributed by atoms with Crippen molar-refractivity contribution in [3.63, 3.8) is 0 Å². The van der Waals surface area contributed by atoms with E-state index in [0.29, 0.717) is 13.2 Å². The predicted octanol–water partition coefficient (Wildman–Crippen LogP) is 1.71. The van der Waals surface area contributed by atoms with E-state index in [1.807, 2.05) is 12.3 Å². The van der Waals surface area contributed by atoms with Gasteiger partial charge in [-0.25, -0.2) is 0 Å². The lowest BCUT2D eigenvalue weighted by Gasteiger charge is -2.27. The van der Waals surface area contributed by atoms with Gasteiger partial charge in [-0.15, -0.1) is 0 Å². The van der Waals surface area contributed by atoms with Gasteiger partial charge in [0.25, 0.3) is 0 Å². The lowest BCUT2D eigenvalue weighted by molar-refractivity contribution is -0.0205. The van der Waals surface area contributed by atoms with E-state index in [-0.39, 0.29) is 5.92 Å². The van der Waals surface area contributed by atoms with Crippen molar-refractivity contribution in [1.82, 2.24) is 4.98 Å². The summed E-state index contributed by atoms with van der Waals surface area (Å²) in [4.78, 5) is 4.10. The number of aromatic nitrogens is 1. The maximum Gasteiger partial charge on any atom is 0.0843 e. The molecule has 1 saturated heterocycles. The number of nitrogens with zero attached hydrogens (tertiary/aromatic N) is 1. The second-order valence-electron chi connectivity index (χ2n) is 3.47. The minimum Gasteiger partial charge on any atom is -0.390 e. The van der Waals surface area contributed by atoms with Crippen molar-refractivity contribution in [2.45, 2.75) is 18.4 Å². The van der Waals surface area contributed by atoms with Crippen LogP contribution in [0.15, 0.2) is 22.9 Å². The average molecular weight is 258 g/mol. The number of ether oxygens (including phenoxy) is 1. The molecule has 0 radical (unpaired) electrons. The molecule has 0 unspecified atom stereocenters. The molecule has 0 spiro atoms. The highest BCUT2D eigenvalue weighted by atomic mass is 79.9. The van der Waals surface area contributed by atoms with Crippen LogP contribution in [0, 0.1) is 0 Å². The van der Waals surface area contributed by atoms with Crippen molar-refractivity contribution in [1.29, 1.82) is 0 Å². The van der Waals surface area contributed by atoms with Crippen molar-refractivity contribution in [3.8, 4) is 0 Å². The molecular weight excluding hydrogens is 246 g/mol. The van der Waals surface area contributed by atoms with Crippen LogP contribution in [0.3, 0.4) is 0 Å². The molecule has 2 heterocycles. The maximum absolute atomic E-state index is 9.75. The average Bonchev–Trinajstić information content (AvgIpc) is 2.18. The molecule has 4 heteroatoms. The van der Waals surface area contributed by atoms with Crippen LogP contribution in [-0.2, 0) is 4.74 Å². The molecule has 1 fully saturated rings. The summed E-state index contributed by atoms with van der Waals surface area (Å²) >= 11 is 3.37. The molecule has 2 rings (SSSR count). The number of halogens is 1. The van der Waals surface area contributed by atoms with E-state index in [1.165, 1.54) is 0 Å². The molecular formula is C10H12BrNO2. The number of aliphatic hydroxyl groups excluding tert-OH is 1. The highest BCUT2D eigenvalue weighted by Gasteiger charge is 2.25. The van der Waals surface area contributed by atoms with Crippen LogP contribution in [0.4, 0.5) is 0 Å². The zero-order chi connectivity index (χ0) is 9.97. The largest absolute Gasteiger partial charge is 0.390 e.